The van der Waals surface area contributed by atoms with Crippen LogP contribution in [0.4, 0.5) is 11.5 Å². The van der Waals surface area contributed by atoms with Gasteiger partial charge in [0, 0.05) is 31.0 Å². The lowest BCUT2D eigenvalue weighted by Gasteiger charge is -2.18. The monoisotopic (exact) mass is 313 g/mol. The van der Waals surface area contributed by atoms with Crippen molar-refractivity contribution in [3.05, 3.63) is 42.4 Å². The molecule has 1 aliphatic heterocycles. The number of nitrogens with one attached hydrogen (secondary N) is 3. The first-order valence-electron chi connectivity index (χ1n) is 7.07. The summed E-state index contributed by atoms with van der Waals surface area (Å²) in [5, 5.41) is 8.52. The van der Waals surface area contributed by atoms with Crippen LogP contribution in [0.25, 0.3) is 0 Å². The SMILES string of the molecule is O=C1COc2cc(C(=O)NCCNc3cnccn3)ccc2N1. The Morgan fingerprint density at radius 1 is 1.30 bits per heavy atom. The van der Waals surface area contributed by atoms with E-state index in [0.29, 0.717) is 35.9 Å². The van der Waals surface area contributed by atoms with Crippen molar-refractivity contribution in [2.45, 2.75) is 0 Å². The van der Waals surface area contributed by atoms with E-state index in [1.807, 2.05) is 0 Å². The summed E-state index contributed by atoms with van der Waals surface area (Å²) in [5.41, 5.74) is 1.04. The van der Waals surface area contributed by atoms with Crippen molar-refractivity contribution < 1.29 is 14.3 Å². The lowest BCUT2D eigenvalue weighted by atomic mass is 10.1. The molecular formula is C15H15N5O3. The molecule has 2 heterocycles. The summed E-state index contributed by atoms with van der Waals surface area (Å²) in [6.07, 6.45) is 4.79. The van der Waals surface area contributed by atoms with E-state index >= 15 is 0 Å². The Hall–Kier alpha value is -3.16. The van der Waals surface area contributed by atoms with Crippen LogP contribution in [0.1, 0.15) is 10.4 Å². The summed E-state index contributed by atoms with van der Waals surface area (Å²) in [7, 11) is 0. The zero-order valence-corrected chi connectivity index (χ0v) is 12.2. The summed E-state index contributed by atoms with van der Waals surface area (Å²) in [6.45, 7) is 0.923. The number of nitrogens with zero attached hydrogens (tertiary/aromatic N) is 2. The fourth-order valence-electron chi connectivity index (χ4n) is 2.07. The van der Waals surface area contributed by atoms with Crippen molar-refractivity contribution in [2.24, 2.45) is 0 Å². The third kappa shape index (κ3) is 3.73. The van der Waals surface area contributed by atoms with Gasteiger partial charge in [0.1, 0.15) is 11.6 Å². The van der Waals surface area contributed by atoms with Gasteiger partial charge in [-0.3, -0.25) is 14.6 Å². The van der Waals surface area contributed by atoms with Crippen LogP contribution >= 0.6 is 0 Å². The normalized spacial score (nSPS) is 12.6. The highest BCUT2D eigenvalue weighted by Gasteiger charge is 2.17. The van der Waals surface area contributed by atoms with E-state index in [-0.39, 0.29) is 18.4 Å². The molecule has 0 saturated heterocycles. The highest BCUT2D eigenvalue weighted by molar-refractivity contribution is 5.98. The van der Waals surface area contributed by atoms with E-state index in [0.717, 1.165) is 0 Å². The molecule has 3 rings (SSSR count). The van der Waals surface area contributed by atoms with Gasteiger partial charge in [-0.15, -0.1) is 0 Å². The maximum absolute atomic E-state index is 12.1. The molecule has 1 aliphatic rings. The van der Waals surface area contributed by atoms with Crippen molar-refractivity contribution in [3.63, 3.8) is 0 Å². The Labute approximate surface area is 132 Å². The maximum Gasteiger partial charge on any atom is 0.262 e. The molecule has 8 heteroatoms. The predicted molar refractivity (Wildman–Crippen MR) is 83.4 cm³/mol. The largest absolute Gasteiger partial charge is 0.482 e. The summed E-state index contributed by atoms with van der Waals surface area (Å²) < 4.78 is 5.29. The van der Waals surface area contributed by atoms with Crippen molar-refractivity contribution in [1.29, 1.82) is 0 Å². The van der Waals surface area contributed by atoms with Crippen LogP contribution < -0.4 is 20.7 Å². The second-order valence-corrected chi connectivity index (χ2v) is 4.82. The minimum absolute atomic E-state index is 0.0416. The van der Waals surface area contributed by atoms with Crippen LogP contribution in [-0.2, 0) is 4.79 Å². The van der Waals surface area contributed by atoms with Gasteiger partial charge >= 0.3 is 0 Å². The minimum Gasteiger partial charge on any atom is -0.482 e. The third-order valence-electron chi connectivity index (χ3n) is 3.16. The van der Waals surface area contributed by atoms with Crippen LogP contribution in [0, 0.1) is 0 Å². The van der Waals surface area contributed by atoms with Gasteiger partial charge < -0.3 is 20.7 Å². The predicted octanol–water partition coefficient (Wildman–Crippen LogP) is 0.649. The van der Waals surface area contributed by atoms with E-state index in [2.05, 4.69) is 25.9 Å². The Bertz CT molecular complexity index is 720. The lowest BCUT2D eigenvalue weighted by Crippen LogP contribution is -2.29. The van der Waals surface area contributed by atoms with Crippen molar-refractivity contribution in [2.75, 3.05) is 30.3 Å². The van der Waals surface area contributed by atoms with Gasteiger partial charge in [-0.2, -0.15) is 0 Å². The molecule has 23 heavy (non-hydrogen) atoms. The highest BCUT2D eigenvalue weighted by atomic mass is 16.5. The molecular weight excluding hydrogens is 298 g/mol. The minimum atomic E-state index is -0.214. The average molecular weight is 313 g/mol. The maximum atomic E-state index is 12.1. The first-order valence-corrected chi connectivity index (χ1v) is 7.07. The zero-order valence-electron chi connectivity index (χ0n) is 12.2. The van der Waals surface area contributed by atoms with Crippen LogP contribution in [0.15, 0.2) is 36.8 Å². The molecule has 3 N–H and O–H groups in total. The number of ether oxygens (including phenoxy) is 1. The van der Waals surface area contributed by atoms with E-state index in [9.17, 15) is 9.59 Å². The third-order valence-corrected chi connectivity index (χ3v) is 3.16. The number of hydrogen-bond acceptors (Lipinski definition) is 6. The van der Waals surface area contributed by atoms with Crippen molar-refractivity contribution in [1.82, 2.24) is 15.3 Å². The molecule has 0 saturated carbocycles. The topological polar surface area (TPSA) is 105 Å². The average Bonchev–Trinajstić information content (AvgIpc) is 2.59. The fourth-order valence-corrected chi connectivity index (χ4v) is 2.07. The van der Waals surface area contributed by atoms with Gasteiger partial charge in [0.15, 0.2) is 6.61 Å². The Balaban J connectivity index is 1.51. The summed E-state index contributed by atoms with van der Waals surface area (Å²) >= 11 is 0. The number of carbonyl (C=O) groups is 2. The number of amides is 2. The van der Waals surface area contributed by atoms with E-state index in [1.165, 1.54) is 0 Å². The van der Waals surface area contributed by atoms with Crippen LogP contribution in [-0.4, -0.2) is 41.5 Å². The highest BCUT2D eigenvalue weighted by Crippen LogP contribution is 2.28. The van der Waals surface area contributed by atoms with Gasteiger partial charge in [-0.05, 0) is 18.2 Å². The Kier molecular flexibility index (Phi) is 4.32. The number of anilines is 2. The zero-order chi connectivity index (χ0) is 16.1. The molecule has 0 fully saturated rings. The Morgan fingerprint density at radius 2 is 2.22 bits per heavy atom. The first kappa shape index (κ1) is 14.8. The number of hydrogen-bond donors (Lipinski definition) is 3. The molecule has 0 bridgehead atoms. The number of aromatic nitrogens is 2. The number of fused-ring (bicyclic) bond motifs is 1. The summed E-state index contributed by atoms with van der Waals surface area (Å²) in [5.74, 6) is 0.730. The van der Waals surface area contributed by atoms with Gasteiger partial charge in [-0.1, -0.05) is 0 Å². The molecule has 0 unspecified atom stereocenters. The smallest absolute Gasteiger partial charge is 0.262 e. The molecule has 0 spiro atoms. The Morgan fingerprint density at radius 3 is 3.04 bits per heavy atom. The van der Waals surface area contributed by atoms with Crippen LogP contribution in [0.3, 0.4) is 0 Å². The molecule has 8 nitrogen and oxygen atoms in total. The van der Waals surface area contributed by atoms with Gasteiger partial charge in [-0.25, -0.2) is 4.98 Å². The molecule has 0 radical (unpaired) electrons. The molecule has 1 aromatic carbocycles. The van der Waals surface area contributed by atoms with Gasteiger partial charge in [0.25, 0.3) is 11.8 Å². The summed E-state index contributed by atoms with van der Waals surface area (Å²) in [6, 6.07) is 4.90. The van der Waals surface area contributed by atoms with E-state index in [4.69, 9.17) is 4.74 Å². The lowest BCUT2D eigenvalue weighted by molar-refractivity contribution is -0.118. The second kappa shape index (κ2) is 6.73. The van der Waals surface area contributed by atoms with E-state index in [1.54, 1.807) is 36.8 Å². The molecule has 2 aromatic rings. The second-order valence-electron chi connectivity index (χ2n) is 4.82. The van der Waals surface area contributed by atoms with Gasteiger partial charge in [0.05, 0.1) is 11.9 Å². The molecule has 0 aliphatic carbocycles. The number of rotatable bonds is 5. The molecule has 0 atom stereocenters. The standard InChI is InChI=1S/C15H15N5O3/c21-14-9-23-12-7-10(1-2-11(12)20-14)15(22)19-6-5-18-13-8-16-3-4-17-13/h1-4,7-8H,5-6,9H2,(H,17,18)(H,19,22)(H,20,21). The molecule has 2 amide bonds. The summed E-state index contributed by atoms with van der Waals surface area (Å²) in [4.78, 5) is 31.3. The van der Waals surface area contributed by atoms with Crippen molar-refractivity contribution in [3.8, 4) is 5.75 Å². The molecule has 118 valence electrons. The quantitative estimate of drug-likeness (QED) is 0.700. The van der Waals surface area contributed by atoms with E-state index < -0.39 is 0 Å². The van der Waals surface area contributed by atoms with Crippen LogP contribution in [0.2, 0.25) is 0 Å². The number of carbonyl (C=O) groups excluding carboxylic acids is 2. The first-order chi connectivity index (χ1) is 11.2. The fraction of sp³-hybridized carbons (Fsp3) is 0.200. The van der Waals surface area contributed by atoms with Crippen LogP contribution in [0.5, 0.6) is 5.75 Å². The molecule has 1 aromatic heterocycles. The van der Waals surface area contributed by atoms with Gasteiger partial charge in [0.2, 0.25) is 0 Å². The van der Waals surface area contributed by atoms with Crippen molar-refractivity contribution >= 4 is 23.3 Å². The number of benzene rings is 1.